The van der Waals surface area contributed by atoms with Gasteiger partial charge in [0.25, 0.3) is 0 Å². The summed E-state index contributed by atoms with van der Waals surface area (Å²) in [4.78, 5) is 14.3. The predicted molar refractivity (Wildman–Crippen MR) is 140 cm³/mol. The second-order valence-electron chi connectivity index (χ2n) is 9.97. The Morgan fingerprint density at radius 3 is 2.74 bits per heavy atom. The first-order valence-corrected chi connectivity index (χ1v) is 13.5. The number of oxime groups is 1. The lowest BCUT2D eigenvalue weighted by molar-refractivity contribution is -0.139. The molecule has 11 heteroatoms. The number of thiazole rings is 1. The van der Waals surface area contributed by atoms with Crippen molar-refractivity contribution in [3.05, 3.63) is 58.6 Å². The van der Waals surface area contributed by atoms with Crippen LogP contribution in [0, 0.1) is 6.92 Å². The number of benzene rings is 2. The Balaban J connectivity index is 1.19. The fourth-order valence-electron chi connectivity index (χ4n) is 5.23. The molecule has 7 nitrogen and oxygen atoms in total. The lowest BCUT2D eigenvalue weighted by Gasteiger charge is -2.44. The maximum atomic E-state index is 13.4. The van der Waals surface area contributed by atoms with E-state index in [4.69, 9.17) is 9.57 Å². The third-order valence-corrected chi connectivity index (χ3v) is 7.93. The van der Waals surface area contributed by atoms with Crippen LogP contribution in [0.3, 0.4) is 0 Å². The van der Waals surface area contributed by atoms with Gasteiger partial charge in [0.05, 0.1) is 26.5 Å². The largest absolute Gasteiger partial charge is 0.472 e. The topological polar surface area (TPSA) is 70.4 Å². The average molecular weight is 549 g/mol. The molecule has 5 rings (SSSR count). The molecule has 204 valence electrons. The number of hydrogen-bond donors (Lipinski definition) is 1. The molecule has 1 N–H and O–H groups in total. The third-order valence-electron chi connectivity index (χ3n) is 6.97. The van der Waals surface area contributed by atoms with E-state index in [2.05, 4.69) is 26.9 Å². The van der Waals surface area contributed by atoms with E-state index >= 15 is 0 Å². The van der Waals surface area contributed by atoms with Gasteiger partial charge in [0.2, 0.25) is 0 Å². The number of alkyl halides is 3. The molecule has 2 aliphatic heterocycles. The summed E-state index contributed by atoms with van der Waals surface area (Å²) in [5.74, 6) is 0.658. The number of rotatable bonds is 7. The Morgan fingerprint density at radius 2 is 2.00 bits per heavy atom. The number of ether oxygens (including phenoxy) is 1. The summed E-state index contributed by atoms with van der Waals surface area (Å²) in [5, 5.41) is 15.7. The molecule has 1 fully saturated rings. The van der Waals surface area contributed by atoms with Gasteiger partial charge in [0.15, 0.2) is 12.3 Å². The van der Waals surface area contributed by atoms with Crippen LogP contribution in [0.1, 0.15) is 42.5 Å². The molecular weight excluding hydrogens is 517 g/mol. The number of aliphatic hydroxyl groups excluding tert-OH is 1. The molecule has 2 aromatic carbocycles. The average Bonchev–Trinajstić information content (AvgIpc) is 3.47. The molecule has 0 spiro atoms. The lowest BCUT2D eigenvalue weighted by Crippen LogP contribution is -2.60. The van der Waals surface area contributed by atoms with Crippen LogP contribution < -0.4 is 4.74 Å². The minimum atomic E-state index is -4.44. The number of aryl methyl sites for hydroxylation is 1. The summed E-state index contributed by atoms with van der Waals surface area (Å²) in [6.07, 6.45) is -6.12. The van der Waals surface area contributed by atoms with Gasteiger partial charge in [-0.3, -0.25) is 9.80 Å². The first-order chi connectivity index (χ1) is 18.1. The zero-order valence-electron chi connectivity index (χ0n) is 21.5. The molecule has 3 unspecified atom stereocenters. The van der Waals surface area contributed by atoms with Crippen LogP contribution in [0.25, 0.3) is 10.2 Å². The van der Waals surface area contributed by atoms with Crippen LogP contribution in [-0.4, -0.2) is 70.2 Å². The van der Waals surface area contributed by atoms with E-state index in [-0.39, 0.29) is 11.6 Å². The van der Waals surface area contributed by atoms with Gasteiger partial charge < -0.3 is 14.7 Å². The molecule has 0 amide bonds. The Bertz CT molecular complexity index is 1310. The van der Waals surface area contributed by atoms with Crippen LogP contribution in [0.5, 0.6) is 5.75 Å². The van der Waals surface area contributed by atoms with Crippen molar-refractivity contribution in [2.75, 3.05) is 26.2 Å². The van der Waals surface area contributed by atoms with Crippen LogP contribution in [0.15, 0.2) is 47.6 Å². The Hall–Kier alpha value is -2.73. The van der Waals surface area contributed by atoms with Crippen molar-refractivity contribution < 1.29 is 27.9 Å². The number of halogens is 3. The minimum absolute atomic E-state index is 0.0678. The predicted octanol–water partition coefficient (Wildman–Crippen LogP) is 5.23. The van der Waals surface area contributed by atoms with Crippen molar-refractivity contribution in [1.82, 2.24) is 14.8 Å². The van der Waals surface area contributed by atoms with E-state index in [0.717, 1.165) is 27.0 Å². The quantitative estimate of drug-likeness (QED) is 0.436. The van der Waals surface area contributed by atoms with Crippen LogP contribution in [-0.2, 0) is 11.0 Å². The molecule has 0 aliphatic carbocycles. The van der Waals surface area contributed by atoms with E-state index in [0.29, 0.717) is 38.3 Å². The molecule has 2 aliphatic rings. The molecule has 3 aromatic rings. The maximum absolute atomic E-state index is 13.4. The van der Waals surface area contributed by atoms with Crippen LogP contribution in [0.4, 0.5) is 13.2 Å². The summed E-state index contributed by atoms with van der Waals surface area (Å²) in [5.41, 5.74) is 1.03. The van der Waals surface area contributed by atoms with Gasteiger partial charge in [0.1, 0.15) is 11.9 Å². The molecule has 0 bridgehead atoms. The van der Waals surface area contributed by atoms with Crippen molar-refractivity contribution in [3.63, 3.8) is 0 Å². The van der Waals surface area contributed by atoms with Gasteiger partial charge in [-0.2, -0.15) is 13.2 Å². The van der Waals surface area contributed by atoms with Crippen molar-refractivity contribution in [2.45, 2.75) is 57.8 Å². The number of aromatic nitrogens is 1. The molecule has 4 atom stereocenters. The SMILES string of the molecule is Cc1nc2cc(OC(C(C)O)N3CCN(CC4=NOC(c5ccccc5C(F)(F)F)C4)C[C@@H]3C)ccc2s1. The highest BCUT2D eigenvalue weighted by Gasteiger charge is 2.38. The highest BCUT2D eigenvalue weighted by molar-refractivity contribution is 7.18. The van der Waals surface area contributed by atoms with Crippen molar-refractivity contribution >= 4 is 27.3 Å². The number of fused-ring (bicyclic) bond motifs is 1. The lowest BCUT2D eigenvalue weighted by atomic mass is 9.98. The molecule has 1 saturated heterocycles. The number of nitrogens with zero attached hydrogens (tertiary/aromatic N) is 4. The summed E-state index contributed by atoms with van der Waals surface area (Å²) in [6, 6.07) is 11.4. The number of piperazine rings is 1. The fourth-order valence-corrected chi connectivity index (χ4v) is 6.04. The van der Waals surface area contributed by atoms with Crippen LogP contribution in [0.2, 0.25) is 0 Å². The van der Waals surface area contributed by atoms with Crippen molar-refractivity contribution in [1.29, 1.82) is 0 Å². The smallest absolute Gasteiger partial charge is 0.416 e. The van der Waals surface area contributed by atoms with Crippen molar-refractivity contribution in [2.24, 2.45) is 5.16 Å². The second-order valence-corrected chi connectivity index (χ2v) is 11.2. The second kappa shape index (κ2) is 10.8. The number of hydrogen-bond acceptors (Lipinski definition) is 8. The van der Waals surface area contributed by atoms with Gasteiger partial charge in [-0.05, 0) is 39.0 Å². The zero-order chi connectivity index (χ0) is 27.0. The van der Waals surface area contributed by atoms with Gasteiger partial charge >= 0.3 is 6.18 Å². The Kier molecular flexibility index (Phi) is 7.63. The monoisotopic (exact) mass is 548 g/mol. The van der Waals surface area contributed by atoms with Gasteiger partial charge in [-0.25, -0.2) is 4.98 Å². The number of aliphatic hydroxyl groups is 1. The van der Waals surface area contributed by atoms with Gasteiger partial charge in [-0.1, -0.05) is 23.4 Å². The zero-order valence-corrected chi connectivity index (χ0v) is 22.3. The molecule has 0 saturated carbocycles. The van der Waals surface area contributed by atoms with Crippen molar-refractivity contribution in [3.8, 4) is 5.75 Å². The molecule has 3 heterocycles. The van der Waals surface area contributed by atoms with E-state index in [1.807, 2.05) is 25.1 Å². The molecule has 38 heavy (non-hydrogen) atoms. The first-order valence-electron chi connectivity index (χ1n) is 12.7. The Labute approximate surface area is 223 Å². The van der Waals surface area contributed by atoms with Gasteiger partial charge in [0, 0.05) is 50.3 Å². The van der Waals surface area contributed by atoms with E-state index in [1.165, 1.54) is 12.1 Å². The summed E-state index contributed by atoms with van der Waals surface area (Å²) in [6.45, 7) is 8.33. The normalized spacial score (nSPS) is 22.8. The Morgan fingerprint density at radius 1 is 1.21 bits per heavy atom. The fraction of sp³-hybridized carbons (Fsp3) is 0.481. The van der Waals surface area contributed by atoms with E-state index in [1.54, 1.807) is 24.3 Å². The van der Waals surface area contributed by atoms with Gasteiger partial charge in [-0.15, -0.1) is 11.3 Å². The van der Waals surface area contributed by atoms with E-state index < -0.39 is 30.2 Å². The minimum Gasteiger partial charge on any atom is -0.472 e. The first kappa shape index (κ1) is 26.9. The van der Waals surface area contributed by atoms with E-state index in [9.17, 15) is 18.3 Å². The standard InChI is InChI=1S/C27H31F3N4O3S/c1-16-14-33(15-19-12-24(37-32-19)21-6-4-5-7-22(21)27(28,29)30)10-11-34(16)26(17(2)35)36-20-8-9-25-23(13-20)31-18(3)38-25/h4-9,13,16-17,24,26,35H,10-12,14-15H2,1-3H3/t16-,17?,24?,26?/m0/s1. The summed E-state index contributed by atoms with van der Waals surface area (Å²) >= 11 is 1.63. The maximum Gasteiger partial charge on any atom is 0.416 e. The highest BCUT2D eigenvalue weighted by Crippen LogP contribution is 2.38. The molecule has 0 radical (unpaired) electrons. The highest BCUT2D eigenvalue weighted by atomic mass is 32.1. The summed E-state index contributed by atoms with van der Waals surface area (Å²) < 4.78 is 47.7. The molecular formula is C27H31F3N4O3S. The van der Waals surface area contributed by atoms with Crippen LogP contribution >= 0.6 is 11.3 Å². The summed E-state index contributed by atoms with van der Waals surface area (Å²) in [7, 11) is 0. The molecule has 1 aromatic heterocycles. The third kappa shape index (κ3) is 5.80.